The molecule has 0 saturated carbocycles. The summed E-state index contributed by atoms with van der Waals surface area (Å²) >= 11 is 0. The third kappa shape index (κ3) is 7.12. The Hall–Kier alpha value is -0.770. The summed E-state index contributed by atoms with van der Waals surface area (Å²) in [5.41, 5.74) is 4.85. The lowest BCUT2D eigenvalue weighted by Gasteiger charge is -2.08. The van der Waals surface area contributed by atoms with E-state index in [1.807, 2.05) is 6.92 Å². The van der Waals surface area contributed by atoms with Gasteiger partial charge in [0.15, 0.2) is 0 Å². The highest BCUT2D eigenvalue weighted by molar-refractivity contribution is 5.71. The Labute approximate surface area is 66.8 Å². The summed E-state index contributed by atoms with van der Waals surface area (Å²) in [5.74, 6) is 0.437. The molecule has 0 saturated heterocycles. The van der Waals surface area contributed by atoms with Crippen molar-refractivity contribution in [2.24, 2.45) is 11.7 Å². The topological polar surface area (TPSA) is 75.3 Å². The molecule has 1 unspecified atom stereocenters. The molecule has 4 heteroatoms. The lowest BCUT2D eigenvalue weighted by molar-refractivity contribution is 0.245. The Bertz CT molecular complexity index is 117. The van der Waals surface area contributed by atoms with Crippen LogP contribution >= 0.6 is 0 Å². The van der Waals surface area contributed by atoms with Crippen molar-refractivity contribution >= 4 is 6.03 Å². The predicted molar refractivity (Wildman–Crippen MR) is 43.1 cm³/mol. The molecule has 0 aromatic heterocycles. The van der Waals surface area contributed by atoms with Gasteiger partial charge in [-0.25, -0.2) is 4.79 Å². The summed E-state index contributed by atoms with van der Waals surface area (Å²) in [4.78, 5) is 10.2. The monoisotopic (exact) mass is 160 g/mol. The number of nitrogens with one attached hydrogen (secondary N) is 1. The fourth-order valence-corrected chi connectivity index (χ4v) is 0.806. The summed E-state index contributed by atoms with van der Waals surface area (Å²) in [6.07, 6.45) is 1.64. The molecule has 4 N–H and O–H groups in total. The van der Waals surface area contributed by atoms with E-state index < -0.39 is 6.03 Å². The van der Waals surface area contributed by atoms with Crippen LogP contribution < -0.4 is 11.1 Å². The number of urea groups is 1. The predicted octanol–water partition coefficient (Wildman–Crippen LogP) is 0.0633. The fourth-order valence-electron chi connectivity index (χ4n) is 0.806. The average Bonchev–Trinajstić information content (AvgIpc) is 1.87. The molecule has 2 amide bonds. The molecule has 11 heavy (non-hydrogen) atoms. The molecule has 0 aliphatic carbocycles. The minimum atomic E-state index is -0.485. The average molecular weight is 160 g/mol. The number of carbonyl (C=O) groups excluding carboxylic acids is 1. The third-order valence-electron chi connectivity index (χ3n) is 1.56. The SMILES string of the molecule is CC(CCO)CCNC(N)=O. The highest BCUT2D eigenvalue weighted by Gasteiger charge is 2.00. The quantitative estimate of drug-likeness (QED) is 0.532. The minimum Gasteiger partial charge on any atom is -0.396 e. The smallest absolute Gasteiger partial charge is 0.312 e. The summed E-state index contributed by atoms with van der Waals surface area (Å²) in [6.45, 7) is 2.83. The van der Waals surface area contributed by atoms with Crippen molar-refractivity contribution in [3.63, 3.8) is 0 Å². The largest absolute Gasteiger partial charge is 0.396 e. The first-order valence-electron chi connectivity index (χ1n) is 3.81. The fraction of sp³-hybridized carbons (Fsp3) is 0.857. The van der Waals surface area contributed by atoms with Gasteiger partial charge in [0, 0.05) is 13.2 Å². The van der Waals surface area contributed by atoms with Gasteiger partial charge in [-0.3, -0.25) is 0 Å². The molecule has 0 radical (unpaired) electrons. The van der Waals surface area contributed by atoms with Crippen molar-refractivity contribution in [1.82, 2.24) is 5.32 Å². The zero-order valence-corrected chi connectivity index (χ0v) is 6.84. The van der Waals surface area contributed by atoms with Crippen molar-refractivity contribution in [3.05, 3.63) is 0 Å². The normalized spacial score (nSPS) is 12.5. The van der Waals surface area contributed by atoms with Crippen LogP contribution in [0.5, 0.6) is 0 Å². The molecule has 0 spiro atoms. The first-order valence-corrected chi connectivity index (χ1v) is 3.81. The Morgan fingerprint density at radius 1 is 1.64 bits per heavy atom. The summed E-state index contributed by atoms with van der Waals surface area (Å²) in [7, 11) is 0. The number of amides is 2. The van der Waals surface area contributed by atoms with Gasteiger partial charge in [-0.2, -0.15) is 0 Å². The van der Waals surface area contributed by atoms with Crippen LogP contribution in [0.25, 0.3) is 0 Å². The summed E-state index contributed by atoms with van der Waals surface area (Å²) < 4.78 is 0. The van der Waals surface area contributed by atoms with Gasteiger partial charge in [-0.15, -0.1) is 0 Å². The number of primary amides is 1. The Balaban J connectivity index is 3.16. The molecular weight excluding hydrogens is 144 g/mol. The molecule has 0 bridgehead atoms. The number of rotatable bonds is 5. The molecule has 0 aromatic carbocycles. The van der Waals surface area contributed by atoms with E-state index in [2.05, 4.69) is 5.32 Å². The van der Waals surface area contributed by atoms with E-state index in [1.54, 1.807) is 0 Å². The minimum absolute atomic E-state index is 0.206. The third-order valence-corrected chi connectivity index (χ3v) is 1.56. The Morgan fingerprint density at radius 3 is 2.73 bits per heavy atom. The lowest BCUT2D eigenvalue weighted by Crippen LogP contribution is -2.30. The van der Waals surface area contributed by atoms with Gasteiger partial charge >= 0.3 is 6.03 Å². The molecule has 66 valence electrons. The van der Waals surface area contributed by atoms with Gasteiger partial charge in [-0.1, -0.05) is 6.92 Å². The van der Waals surface area contributed by atoms with E-state index >= 15 is 0 Å². The van der Waals surface area contributed by atoms with Gasteiger partial charge in [0.05, 0.1) is 0 Å². The second-order valence-corrected chi connectivity index (χ2v) is 2.70. The molecule has 0 fully saturated rings. The van der Waals surface area contributed by atoms with Gasteiger partial charge in [-0.05, 0) is 18.8 Å². The maximum Gasteiger partial charge on any atom is 0.312 e. The lowest BCUT2D eigenvalue weighted by atomic mass is 10.1. The zero-order valence-electron chi connectivity index (χ0n) is 6.84. The molecular formula is C7H16N2O2. The van der Waals surface area contributed by atoms with Crippen LogP contribution in [0.15, 0.2) is 0 Å². The van der Waals surface area contributed by atoms with Crippen molar-refractivity contribution in [2.75, 3.05) is 13.2 Å². The van der Waals surface area contributed by atoms with Crippen LogP contribution in [0, 0.1) is 5.92 Å². The Kier molecular flexibility index (Phi) is 5.56. The first-order chi connectivity index (χ1) is 5.16. The summed E-state index contributed by atoms with van der Waals surface area (Å²) in [6, 6.07) is -0.485. The highest BCUT2D eigenvalue weighted by atomic mass is 16.3. The van der Waals surface area contributed by atoms with E-state index in [-0.39, 0.29) is 6.61 Å². The van der Waals surface area contributed by atoms with Crippen LogP contribution in [0.4, 0.5) is 4.79 Å². The van der Waals surface area contributed by atoms with E-state index in [1.165, 1.54) is 0 Å². The second kappa shape index (κ2) is 5.97. The van der Waals surface area contributed by atoms with Gasteiger partial charge < -0.3 is 16.2 Å². The number of hydrogen-bond acceptors (Lipinski definition) is 2. The second-order valence-electron chi connectivity index (χ2n) is 2.70. The van der Waals surface area contributed by atoms with Crippen LogP contribution in [0.1, 0.15) is 19.8 Å². The highest BCUT2D eigenvalue weighted by Crippen LogP contribution is 2.04. The van der Waals surface area contributed by atoms with Gasteiger partial charge in [0.25, 0.3) is 0 Å². The number of hydrogen-bond donors (Lipinski definition) is 3. The molecule has 0 aromatic rings. The molecule has 0 aliphatic heterocycles. The standard InChI is InChI=1S/C7H16N2O2/c1-6(3-5-10)2-4-9-7(8)11/h6,10H,2-5H2,1H3,(H3,8,9,11). The maximum absolute atomic E-state index is 10.2. The molecule has 1 atom stereocenters. The Morgan fingerprint density at radius 2 is 2.27 bits per heavy atom. The first kappa shape index (κ1) is 10.2. The van der Waals surface area contributed by atoms with Gasteiger partial charge in [0.1, 0.15) is 0 Å². The van der Waals surface area contributed by atoms with Crippen molar-refractivity contribution in [2.45, 2.75) is 19.8 Å². The van der Waals surface area contributed by atoms with Crippen LogP contribution in [-0.2, 0) is 0 Å². The van der Waals surface area contributed by atoms with Gasteiger partial charge in [0.2, 0.25) is 0 Å². The molecule has 0 rings (SSSR count). The number of nitrogens with two attached hydrogens (primary N) is 1. The summed E-state index contributed by atoms with van der Waals surface area (Å²) in [5, 5.41) is 11.0. The number of aliphatic hydroxyl groups is 1. The van der Waals surface area contributed by atoms with Crippen molar-refractivity contribution in [3.8, 4) is 0 Å². The van der Waals surface area contributed by atoms with E-state index in [9.17, 15) is 4.79 Å². The van der Waals surface area contributed by atoms with E-state index in [0.717, 1.165) is 12.8 Å². The van der Waals surface area contributed by atoms with Crippen molar-refractivity contribution in [1.29, 1.82) is 0 Å². The van der Waals surface area contributed by atoms with Crippen LogP contribution in [-0.4, -0.2) is 24.3 Å². The van der Waals surface area contributed by atoms with E-state index in [4.69, 9.17) is 10.8 Å². The zero-order chi connectivity index (χ0) is 8.69. The molecule has 0 heterocycles. The number of carbonyl (C=O) groups is 1. The molecule has 0 aliphatic rings. The van der Waals surface area contributed by atoms with Crippen LogP contribution in [0.2, 0.25) is 0 Å². The number of aliphatic hydroxyl groups excluding tert-OH is 1. The van der Waals surface area contributed by atoms with Crippen LogP contribution in [0.3, 0.4) is 0 Å². The molecule has 4 nitrogen and oxygen atoms in total. The van der Waals surface area contributed by atoms with Crippen molar-refractivity contribution < 1.29 is 9.90 Å². The maximum atomic E-state index is 10.2. The van der Waals surface area contributed by atoms with E-state index in [0.29, 0.717) is 12.5 Å².